The number of hydrogen-bond acceptors (Lipinski definition) is 4. The lowest BCUT2D eigenvalue weighted by Crippen LogP contribution is -2.29. The second-order valence-electron chi connectivity index (χ2n) is 8.19. The first-order valence-corrected chi connectivity index (χ1v) is 10.4. The molecule has 4 rings (SSSR count). The van der Waals surface area contributed by atoms with Gasteiger partial charge in [-0.25, -0.2) is 4.79 Å². The summed E-state index contributed by atoms with van der Waals surface area (Å²) in [5.74, 6) is -0.0652. The van der Waals surface area contributed by atoms with E-state index in [9.17, 15) is 4.79 Å². The second-order valence-corrected chi connectivity index (χ2v) is 8.19. The first-order valence-electron chi connectivity index (χ1n) is 10.4. The zero-order valence-electron chi connectivity index (χ0n) is 15.8. The standard InChI is InChI=1S/C22H29NO4/c24-22(25)16-9-6-15(7-10-16)8-11-18-19(21-13-12-20(18)26-21)14-23-27-17-4-2-1-3-5-17/h6-7,9-10,14,17-21H,1-5,8,11-13H2,(H,24,25)/b23-14+. The molecule has 27 heavy (non-hydrogen) atoms. The van der Waals surface area contributed by atoms with Crippen LogP contribution in [0.15, 0.2) is 29.4 Å². The third kappa shape index (κ3) is 4.34. The van der Waals surface area contributed by atoms with Crippen LogP contribution in [0.25, 0.3) is 0 Å². The van der Waals surface area contributed by atoms with E-state index in [1.165, 1.54) is 24.8 Å². The summed E-state index contributed by atoms with van der Waals surface area (Å²) in [5, 5.41) is 13.4. The van der Waals surface area contributed by atoms with Crippen molar-refractivity contribution < 1.29 is 19.5 Å². The quantitative estimate of drug-likeness (QED) is 0.568. The van der Waals surface area contributed by atoms with Gasteiger partial charge in [0.25, 0.3) is 0 Å². The fourth-order valence-corrected chi connectivity index (χ4v) is 4.91. The first kappa shape index (κ1) is 18.5. The number of carboxylic acid groups (broad SMARTS) is 1. The number of nitrogens with zero attached hydrogens (tertiary/aromatic N) is 1. The lowest BCUT2D eigenvalue weighted by molar-refractivity contribution is 0.0323. The zero-order valence-corrected chi connectivity index (χ0v) is 15.8. The maximum atomic E-state index is 11.0. The van der Waals surface area contributed by atoms with Crippen molar-refractivity contribution in [2.75, 3.05) is 0 Å². The van der Waals surface area contributed by atoms with Crippen LogP contribution in [-0.2, 0) is 16.0 Å². The number of aryl methyl sites for hydroxylation is 1. The fourth-order valence-electron chi connectivity index (χ4n) is 4.91. The second kappa shape index (κ2) is 8.42. The molecule has 1 aromatic carbocycles. The van der Waals surface area contributed by atoms with Crippen LogP contribution in [0.4, 0.5) is 0 Å². The monoisotopic (exact) mass is 371 g/mol. The molecule has 3 fully saturated rings. The number of hydrogen-bond donors (Lipinski definition) is 1. The van der Waals surface area contributed by atoms with Crippen LogP contribution in [0.1, 0.15) is 67.3 Å². The molecule has 0 amide bonds. The molecule has 2 bridgehead atoms. The van der Waals surface area contributed by atoms with Crippen molar-refractivity contribution in [1.82, 2.24) is 0 Å². The minimum absolute atomic E-state index is 0.285. The summed E-state index contributed by atoms with van der Waals surface area (Å²) in [7, 11) is 0. The van der Waals surface area contributed by atoms with E-state index >= 15 is 0 Å². The van der Waals surface area contributed by atoms with Crippen LogP contribution in [0, 0.1) is 11.8 Å². The fraction of sp³-hybridized carbons (Fsp3) is 0.636. The maximum absolute atomic E-state index is 11.0. The third-order valence-corrected chi connectivity index (χ3v) is 6.45. The smallest absolute Gasteiger partial charge is 0.335 e. The molecule has 0 radical (unpaired) electrons. The summed E-state index contributed by atoms with van der Waals surface area (Å²) in [4.78, 5) is 16.7. The van der Waals surface area contributed by atoms with E-state index in [4.69, 9.17) is 14.7 Å². The van der Waals surface area contributed by atoms with Gasteiger partial charge in [-0.15, -0.1) is 0 Å². The van der Waals surface area contributed by atoms with Gasteiger partial charge in [-0.2, -0.15) is 0 Å². The molecule has 2 heterocycles. The summed E-state index contributed by atoms with van der Waals surface area (Å²) >= 11 is 0. The number of rotatable bonds is 7. The Hall–Kier alpha value is -1.88. The van der Waals surface area contributed by atoms with Gasteiger partial charge in [-0.1, -0.05) is 23.7 Å². The molecular formula is C22H29NO4. The van der Waals surface area contributed by atoms with E-state index in [2.05, 4.69) is 5.16 Å². The lowest BCUT2D eigenvalue weighted by atomic mass is 9.77. The summed E-state index contributed by atoms with van der Waals surface area (Å²) < 4.78 is 6.15. The van der Waals surface area contributed by atoms with Gasteiger partial charge in [-0.3, -0.25) is 0 Å². The van der Waals surface area contributed by atoms with Gasteiger partial charge < -0.3 is 14.7 Å². The Balaban J connectivity index is 1.33. The minimum atomic E-state index is -0.878. The average Bonchev–Trinajstić information content (AvgIpc) is 3.29. The van der Waals surface area contributed by atoms with Crippen LogP contribution in [-0.4, -0.2) is 35.6 Å². The number of ether oxygens (including phenoxy) is 1. The van der Waals surface area contributed by atoms with Crippen molar-refractivity contribution in [3.05, 3.63) is 35.4 Å². The number of carbonyl (C=O) groups is 1. The van der Waals surface area contributed by atoms with E-state index in [0.29, 0.717) is 29.6 Å². The Labute approximate surface area is 160 Å². The molecule has 4 unspecified atom stereocenters. The van der Waals surface area contributed by atoms with E-state index in [1.807, 2.05) is 18.3 Å². The molecule has 1 N–H and O–H groups in total. The molecule has 0 aromatic heterocycles. The van der Waals surface area contributed by atoms with Crippen LogP contribution in [0.5, 0.6) is 0 Å². The van der Waals surface area contributed by atoms with Crippen molar-refractivity contribution >= 4 is 12.2 Å². The van der Waals surface area contributed by atoms with E-state index in [-0.39, 0.29) is 6.10 Å². The van der Waals surface area contributed by atoms with Gasteiger partial charge in [0.1, 0.15) is 6.10 Å². The van der Waals surface area contributed by atoms with E-state index in [1.54, 1.807) is 12.1 Å². The molecular weight excluding hydrogens is 342 g/mol. The summed E-state index contributed by atoms with van der Waals surface area (Å²) in [6, 6.07) is 7.22. The molecule has 4 atom stereocenters. The Morgan fingerprint density at radius 1 is 1.11 bits per heavy atom. The summed E-state index contributed by atoms with van der Waals surface area (Å²) in [5.41, 5.74) is 1.52. The third-order valence-electron chi connectivity index (χ3n) is 6.45. The summed E-state index contributed by atoms with van der Waals surface area (Å²) in [6.07, 6.45) is 13.2. The maximum Gasteiger partial charge on any atom is 0.335 e. The van der Waals surface area contributed by atoms with Gasteiger partial charge in [0, 0.05) is 12.1 Å². The van der Waals surface area contributed by atoms with Gasteiger partial charge in [-0.05, 0) is 75.0 Å². The molecule has 2 saturated heterocycles. The normalized spacial score (nSPS) is 30.8. The molecule has 1 aliphatic carbocycles. The molecule has 146 valence electrons. The number of benzene rings is 1. The van der Waals surface area contributed by atoms with Crippen LogP contribution >= 0.6 is 0 Å². The number of oxime groups is 1. The predicted molar refractivity (Wildman–Crippen MR) is 103 cm³/mol. The van der Waals surface area contributed by atoms with Crippen LogP contribution in [0.3, 0.4) is 0 Å². The van der Waals surface area contributed by atoms with Crippen molar-refractivity contribution in [3.8, 4) is 0 Å². The summed E-state index contributed by atoms with van der Waals surface area (Å²) in [6.45, 7) is 0. The highest BCUT2D eigenvalue weighted by molar-refractivity contribution is 5.87. The van der Waals surface area contributed by atoms with Crippen LogP contribution < -0.4 is 0 Å². The molecule has 1 saturated carbocycles. The Bertz CT molecular complexity index is 665. The minimum Gasteiger partial charge on any atom is -0.478 e. The highest BCUT2D eigenvalue weighted by Gasteiger charge is 2.47. The number of carboxylic acids is 1. The van der Waals surface area contributed by atoms with Crippen molar-refractivity contribution in [2.45, 2.75) is 76.1 Å². The Morgan fingerprint density at radius 2 is 1.85 bits per heavy atom. The molecule has 3 aliphatic rings. The molecule has 2 aliphatic heterocycles. The van der Waals surface area contributed by atoms with Gasteiger partial charge in [0.2, 0.25) is 0 Å². The Morgan fingerprint density at radius 3 is 2.59 bits per heavy atom. The van der Waals surface area contributed by atoms with Crippen molar-refractivity contribution in [2.24, 2.45) is 17.0 Å². The van der Waals surface area contributed by atoms with Gasteiger partial charge >= 0.3 is 5.97 Å². The topological polar surface area (TPSA) is 68.1 Å². The highest BCUT2D eigenvalue weighted by Crippen LogP contribution is 2.44. The number of fused-ring (bicyclic) bond motifs is 2. The average molecular weight is 371 g/mol. The van der Waals surface area contributed by atoms with Crippen LogP contribution in [0.2, 0.25) is 0 Å². The van der Waals surface area contributed by atoms with Crippen molar-refractivity contribution in [3.63, 3.8) is 0 Å². The number of aromatic carboxylic acids is 1. The predicted octanol–water partition coefficient (Wildman–Crippen LogP) is 4.45. The largest absolute Gasteiger partial charge is 0.478 e. The molecule has 5 heteroatoms. The van der Waals surface area contributed by atoms with Gasteiger partial charge in [0.15, 0.2) is 0 Å². The van der Waals surface area contributed by atoms with Crippen molar-refractivity contribution in [1.29, 1.82) is 0 Å². The lowest BCUT2D eigenvalue weighted by Gasteiger charge is -2.25. The molecule has 0 spiro atoms. The molecule has 5 nitrogen and oxygen atoms in total. The first-order chi connectivity index (χ1) is 13.2. The SMILES string of the molecule is O=C(O)c1ccc(CCC2C3CCC(O3)C2/C=N/OC2CCCCC2)cc1. The Kier molecular flexibility index (Phi) is 5.77. The zero-order chi connectivity index (χ0) is 18.6. The highest BCUT2D eigenvalue weighted by atomic mass is 16.6. The van der Waals surface area contributed by atoms with Gasteiger partial charge in [0.05, 0.1) is 17.8 Å². The van der Waals surface area contributed by atoms with E-state index < -0.39 is 5.97 Å². The molecule has 1 aromatic rings. The van der Waals surface area contributed by atoms with E-state index in [0.717, 1.165) is 38.5 Å².